The molecule has 1 rings (SSSR count). The van der Waals surface area contributed by atoms with Crippen LogP contribution in [0.4, 0.5) is 8.78 Å². The smallest absolute Gasteiger partial charge is 0.246 e. The minimum Gasteiger partial charge on any atom is -0.598 e. The molecule has 0 aromatic heterocycles. The molecule has 2 atom stereocenters. The number of hydrogen-bond donors (Lipinski definition) is 1. The standard InChI is InChI=1S/C13H18BrF2NOS/c1-13(2,3)19(18)17-8-11(12(15)16)9-4-6-10(14)7-5-9/h4-7,11-12,17H,8H2,1-3H3. The van der Waals surface area contributed by atoms with Crippen LogP contribution in [0.1, 0.15) is 32.3 Å². The molecule has 0 saturated heterocycles. The van der Waals surface area contributed by atoms with Crippen molar-refractivity contribution >= 4 is 27.3 Å². The Balaban J connectivity index is 2.72. The molecule has 108 valence electrons. The van der Waals surface area contributed by atoms with Gasteiger partial charge in [0, 0.05) is 15.8 Å². The molecule has 1 N–H and O–H groups in total. The lowest BCUT2D eigenvalue weighted by Crippen LogP contribution is -2.41. The van der Waals surface area contributed by atoms with E-state index in [0.29, 0.717) is 5.56 Å². The Morgan fingerprint density at radius 3 is 2.21 bits per heavy atom. The third-order valence-corrected chi connectivity index (χ3v) is 4.66. The van der Waals surface area contributed by atoms with Crippen LogP contribution in [-0.4, -0.2) is 22.3 Å². The van der Waals surface area contributed by atoms with E-state index in [0.717, 1.165) is 4.47 Å². The maximum atomic E-state index is 13.1. The van der Waals surface area contributed by atoms with Crippen LogP contribution >= 0.6 is 15.9 Å². The van der Waals surface area contributed by atoms with E-state index in [1.54, 1.807) is 45.0 Å². The summed E-state index contributed by atoms with van der Waals surface area (Å²) in [7, 11) is 0. The molecule has 19 heavy (non-hydrogen) atoms. The van der Waals surface area contributed by atoms with Crippen LogP contribution in [0.3, 0.4) is 0 Å². The van der Waals surface area contributed by atoms with E-state index < -0.39 is 28.5 Å². The van der Waals surface area contributed by atoms with E-state index in [-0.39, 0.29) is 6.54 Å². The molecule has 0 saturated carbocycles. The van der Waals surface area contributed by atoms with Crippen LogP contribution in [0.2, 0.25) is 0 Å². The maximum Gasteiger partial charge on any atom is 0.246 e. The lowest BCUT2D eigenvalue weighted by Gasteiger charge is -2.25. The highest BCUT2D eigenvalue weighted by Gasteiger charge is 2.30. The molecule has 1 aromatic carbocycles. The molecule has 2 nitrogen and oxygen atoms in total. The number of nitrogens with one attached hydrogen (secondary N) is 1. The molecular formula is C13H18BrF2NOS. The third kappa shape index (κ3) is 5.38. The highest BCUT2D eigenvalue weighted by atomic mass is 79.9. The van der Waals surface area contributed by atoms with Gasteiger partial charge in [0.05, 0.1) is 12.5 Å². The molecule has 0 fully saturated rings. The Morgan fingerprint density at radius 1 is 1.26 bits per heavy atom. The molecule has 0 aliphatic rings. The van der Waals surface area contributed by atoms with Crippen molar-refractivity contribution in [1.29, 1.82) is 0 Å². The van der Waals surface area contributed by atoms with Crippen molar-refractivity contribution in [3.63, 3.8) is 0 Å². The molecule has 0 amide bonds. The molecule has 0 spiro atoms. The van der Waals surface area contributed by atoms with Gasteiger partial charge in [-0.1, -0.05) is 28.1 Å². The number of rotatable bonds is 5. The zero-order chi connectivity index (χ0) is 14.6. The van der Waals surface area contributed by atoms with E-state index in [9.17, 15) is 13.3 Å². The first-order valence-corrected chi connectivity index (χ1v) is 7.85. The molecule has 1 aromatic rings. The average Bonchev–Trinajstić information content (AvgIpc) is 2.29. The summed E-state index contributed by atoms with van der Waals surface area (Å²) in [5, 5.41) is 0. The van der Waals surface area contributed by atoms with Crippen molar-refractivity contribution < 1.29 is 13.3 Å². The SMILES string of the molecule is CC(C)(C)[S+]([O-])NCC(c1ccc(Br)cc1)C(F)F. The molecular weight excluding hydrogens is 336 g/mol. The van der Waals surface area contributed by atoms with Crippen molar-refractivity contribution in [2.45, 2.75) is 37.9 Å². The topological polar surface area (TPSA) is 35.1 Å². The summed E-state index contributed by atoms with van der Waals surface area (Å²) in [6, 6.07) is 6.77. The zero-order valence-electron chi connectivity index (χ0n) is 11.1. The maximum absolute atomic E-state index is 13.1. The van der Waals surface area contributed by atoms with Gasteiger partial charge in [-0.15, -0.1) is 4.72 Å². The average molecular weight is 354 g/mol. The molecule has 6 heteroatoms. The van der Waals surface area contributed by atoms with Crippen LogP contribution in [-0.2, 0) is 11.4 Å². The second-order valence-corrected chi connectivity index (χ2v) is 8.19. The first-order chi connectivity index (χ1) is 8.71. The minimum absolute atomic E-state index is 0.0107. The fourth-order valence-electron chi connectivity index (χ4n) is 1.44. The highest BCUT2D eigenvalue weighted by molar-refractivity contribution is 9.10. The third-order valence-electron chi connectivity index (χ3n) is 2.59. The predicted octanol–water partition coefficient (Wildman–Crippen LogP) is 3.85. The Kier molecular flexibility index (Phi) is 6.23. The molecule has 0 heterocycles. The zero-order valence-corrected chi connectivity index (χ0v) is 13.5. The lowest BCUT2D eigenvalue weighted by molar-refractivity contribution is 0.115. The number of hydrogen-bond acceptors (Lipinski definition) is 2. The number of halogens is 3. The highest BCUT2D eigenvalue weighted by Crippen LogP contribution is 2.25. The van der Waals surface area contributed by atoms with Gasteiger partial charge in [-0.05, 0) is 38.5 Å². The summed E-state index contributed by atoms with van der Waals surface area (Å²) in [4.78, 5) is 0. The van der Waals surface area contributed by atoms with Crippen LogP contribution in [0.25, 0.3) is 0 Å². The number of benzene rings is 1. The molecule has 0 radical (unpaired) electrons. The van der Waals surface area contributed by atoms with Gasteiger partial charge in [-0.2, -0.15) is 0 Å². The summed E-state index contributed by atoms with van der Waals surface area (Å²) >= 11 is 1.92. The van der Waals surface area contributed by atoms with Gasteiger partial charge in [0.1, 0.15) is 4.75 Å². The van der Waals surface area contributed by atoms with Crippen molar-refractivity contribution in [2.75, 3.05) is 6.54 Å². The fourth-order valence-corrected chi connectivity index (χ4v) is 2.47. The van der Waals surface area contributed by atoms with Gasteiger partial charge < -0.3 is 4.55 Å². The quantitative estimate of drug-likeness (QED) is 0.816. The van der Waals surface area contributed by atoms with Crippen molar-refractivity contribution in [2.24, 2.45) is 0 Å². The Bertz CT molecular complexity index is 395. The monoisotopic (exact) mass is 353 g/mol. The largest absolute Gasteiger partial charge is 0.598 e. The number of alkyl halides is 2. The normalized spacial score (nSPS) is 15.6. The second kappa shape index (κ2) is 7.02. The van der Waals surface area contributed by atoms with E-state index in [1.165, 1.54) is 0 Å². The summed E-state index contributed by atoms with van der Waals surface area (Å²) < 4.78 is 41.1. The van der Waals surface area contributed by atoms with E-state index in [4.69, 9.17) is 0 Å². The Hall–Kier alpha value is -0.170. The second-order valence-electron chi connectivity index (χ2n) is 5.22. The van der Waals surface area contributed by atoms with Gasteiger partial charge in [-0.25, -0.2) is 8.78 Å². The van der Waals surface area contributed by atoms with E-state index >= 15 is 0 Å². The van der Waals surface area contributed by atoms with Crippen LogP contribution in [0.15, 0.2) is 28.7 Å². The summed E-state index contributed by atoms with van der Waals surface area (Å²) in [6.45, 7) is 5.39. The Morgan fingerprint density at radius 2 is 1.79 bits per heavy atom. The summed E-state index contributed by atoms with van der Waals surface area (Å²) in [5.74, 6) is -0.959. The van der Waals surface area contributed by atoms with Crippen LogP contribution < -0.4 is 4.72 Å². The first-order valence-electron chi connectivity index (χ1n) is 5.91. The van der Waals surface area contributed by atoms with E-state index in [1.807, 2.05) is 0 Å². The molecule has 2 unspecified atom stereocenters. The van der Waals surface area contributed by atoms with Gasteiger partial charge >= 0.3 is 0 Å². The van der Waals surface area contributed by atoms with Gasteiger partial charge in [-0.3, -0.25) is 0 Å². The molecule has 0 bridgehead atoms. The predicted molar refractivity (Wildman–Crippen MR) is 78.8 cm³/mol. The van der Waals surface area contributed by atoms with Gasteiger partial charge in [0.25, 0.3) is 0 Å². The van der Waals surface area contributed by atoms with Crippen LogP contribution in [0.5, 0.6) is 0 Å². The van der Waals surface area contributed by atoms with Gasteiger partial charge in [0.15, 0.2) is 0 Å². The first kappa shape index (κ1) is 16.9. The molecule has 0 aliphatic carbocycles. The Labute approximate surface area is 124 Å². The fraction of sp³-hybridized carbons (Fsp3) is 0.538. The van der Waals surface area contributed by atoms with Crippen molar-refractivity contribution in [1.82, 2.24) is 4.72 Å². The molecule has 0 aliphatic heterocycles. The summed E-state index contributed by atoms with van der Waals surface area (Å²) in [6.07, 6.45) is -2.49. The summed E-state index contributed by atoms with van der Waals surface area (Å²) in [5.41, 5.74) is 0.539. The van der Waals surface area contributed by atoms with Crippen molar-refractivity contribution in [3.05, 3.63) is 34.3 Å². The minimum atomic E-state index is -2.49. The van der Waals surface area contributed by atoms with Gasteiger partial charge in [0.2, 0.25) is 6.43 Å². The lowest BCUT2D eigenvalue weighted by atomic mass is 10.0. The van der Waals surface area contributed by atoms with Crippen LogP contribution in [0, 0.1) is 0 Å². The van der Waals surface area contributed by atoms with E-state index in [2.05, 4.69) is 20.7 Å². The van der Waals surface area contributed by atoms with Crippen molar-refractivity contribution in [3.8, 4) is 0 Å².